The molecule has 2 heterocycles. The van der Waals surface area contributed by atoms with E-state index in [-0.39, 0.29) is 5.89 Å². The molecule has 0 amide bonds. The molecule has 112 valence electrons. The first-order valence-electron chi connectivity index (χ1n) is 6.58. The van der Waals surface area contributed by atoms with Gasteiger partial charge in [-0.05, 0) is 60.2 Å². The largest absolute Gasteiger partial charge is 0.507 e. The van der Waals surface area contributed by atoms with E-state index in [4.69, 9.17) is 16.1 Å². The van der Waals surface area contributed by atoms with E-state index in [2.05, 4.69) is 10.1 Å². The summed E-state index contributed by atoms with van der Waals surface area (Å²) in [5.74, 6) is 1.08. The standard InChI is InChI=1S/C16H13ClN2O2S/c1-9-5-11(6-10(2)14(9)20)7-13(17)16-18-15(19-21-16)12-3-4-22-8-12/h3-8,20H,1-2H3/b13-7-. The minimum atomic E-state index is 0.270. The Morgan fingerprint density at radius 3 is 2.68 bits per heavy atom. The molecule has 0 spiro atoms. The minimum absolute atomic E-state index is 0.270. The number of phenols is 1. The number of aromatic nitrogens is 2. The fourth-order valence-electron chi connectivity index (χ4n) is 2.11. The van der Waals surface area contributed by atoms with Gasteiger partial charge >= 0.3 is 0 Å². The molecule has 0 aliphatic rings. The van der Waals surface area contributed by atoms with Gasteiger partial charge in [-0.3, -0.25) is 0 Å². The van der Waals surface area contributed by atoms with Crippen LogP contribution < -0.4 is 0 Å². The van der Waals surface area contributed by atoms with Crippen molar-refractivity contribution in [2.24, 2.45) is 0 Å². The molecule has 0 atom stereocenters. The van der Waals surface area contributed by atoms with Gasteiger partial charge in [-0.15, -0.1) is 0 Å². The molecule has 0 unspecified atom stereocenters. The SMILES string of the molecule is Cc1cc(/C=C(\Cl)c2nc(-c3ccsc3)no2)cc(C)c1O. The lowest BCUT2D eigenvalue weighted by atomic mass is 10.1. The molecular formula is C16H13ClN2O2S. The zero-order chi connectivity index (χ0) is 15.7. The first-order valence-corrected chi connectivity index (χ1v) is 7.91. The van der Waals surface area contributed by atoms with Crippen LogP contribution in [0.4, 0.5) is 0 Å². The predicted molar refractivity (Wildman–Crippen MR) is 88.9 cm³/mol. The highest BCUT2D eigenvalue weighted by molar-refractivity contribution is 7.08. The van der Waals surface area contributed by atoms with Gasteiger partial charge in [-0.1, -0.05) is 16.8 Å². The highest BCUT2D eigenvalue weighted by Crippen LogP contribution is 2.28. The monoisotopic (exact) mass is 332 g/mol. The van der Waals surface area contributed by atoms with Crippen LogP contribution >= 0.6 is 22.9 Å². The molecule has 6 heteroatoms. The summed E-state index contributed by atoms with van der Waals surface area (Å²) in [5.41, 5.74) is 3.36. The topological polar surface area (TPSA) is 59.2 Å². The van der Waals surface area contributed by atoms with Crippen LogP contribution in [0.5, 0.6) is 5.75 Å². The summed E-state index contributed by atoms with van der Waals surface area (Å²) in [5, 5.41) is 18.0. The lowest BCUT2D eigenvalue weighted by Gasteiger charge is -2.04. The average molecular weight is 333 g/mol. The number of aromatic hydroxyl groups is 1. The van der Waals surface area contributed by atoms with Gasteiger partial charge in [0.05, 0.1) is 0 Å². The maximum Gasteiger partial charge on any atom is 0.269 e. The Bertz CT molecular complexity index is 815. The second-order valence-corrected chi connectivity index (χ2v) is 6.12. The Hall–Kier alpha value is -2.11. The molecule has 0 aliphatic heterocycles. The van der Waals surface area contributed by atoms with Gasteiger partial charge in [0.1, 0.15) is 10.8 Å². The minimum Gasteiger partial charge on any atom is -0.507 e. The zero-order valence-electron chi connectivity index (χ0n) is 12.0. The van der Waals surface area contributed by atoms with Crippen molar-refractivity contribution in [2.45, 2.75) is 13.8 Å². The van der Waals surface area contributed by atoms with Crippen molar-refractivity contribution >= 4 is 34.0 Å². The van der Waals surface area contributed by atoms with Crippen LogP contribution in [-0.2, 0) is 0 Å². The van der Waals surface area contributed by atoms with E-state index in [0.29, 0.717) is 16.6 Å². The van der Waals surface area contributed by atoms with E-state index >= 15 is 0 Å². The van der Waals surface area contributed by atoms with Gasteiger partial charge in [-0.2, -0.15) is 16.3 Å². The van der Waals surface area contributed by atoms with E-state index in [1.807, 2.05) is 42.8 Å². The first kappa shape index (κ1) is 14.8. The van der Waals surface area contributed by atoms with Crippen molar-refractivity contribution in [3.05, 3.63) is 51.5 Å². The Balaban J connectivity index is 1.92. The Morgan fingerprint density at radius 2 is 2.05 bits per heavy atom. The number of rotatable bonds is 3. The molecule has 1 aromatic carbocycles. The Kier molecular flexibility index (Phi) is 4.00. The molecule has 0 saturated carbocycles. The summed E-state index contributed by atoms with van der Waals surface area (Å²) < 4.78 is 5.20. The Morgan fingerprint density at radius 1 is 1.32 bits per heavy atom. The summed E-state index contributed by atoms with van der Waals surface area (Å²) in [6.45, 7) is 3.68. The number of thiophene rings is 1. The van der Waals surface area contributed by atoms with Crippen LogP contribution in [0.3, 0.4) is 0 Å². The van der Waals surface area contributed by atoms with Gasteiger partial charge in [0.25, 0.3) is 5.89 Å². The van der Waals surface area contributed by atoms with E-state index in [1.165, 1.54) is 0 Å². The number of benzene rings is 1. The fourth-order valence-corrected chi connectivity index (χ4v) is 2.95. The second-order valence-electron chi connectivity index (χ2n) is 4.93. The number of hydrogen-bond acceptors (Lipinski definition) is 5. The number of nitrogens with zero attached hydrogens (tertiary/aromatic N) is 2. The van der Waals surface area contributed by atoms with E-state index in [0.717, 1.165) is 22.3 Å². The maximum absolute atomic E-state index is 9.80. The number of aryl methyl sites for hydroxylation is 2. The summed E-state index contributed by atoms with van der Waals surface area (Å²) in [4.78, 5) is 4.29. The van der Waals surface area contributed by atoms with Crippen molar-refractivity contribution in [2.75, 3.05) is 0 Å². The van der Waals surface area contributed by atoms with Crippen LogP contribution in [0.2, 0.25) is 0 Å². The van der Waals surface area contributed by atoms with Crippen LogP contribution in [0.15, 0.2) is 33.5 Å². The number of halogens is 1. The molecular weight excluding hydrogens is 320 g/mol. The van der Waals surface area contributed by atoms with Gasteiger partial charge in [0, 0.05) is 10.9 Å². The Labute approximate surface area is 136 Å². The molecule has 0 bridgehead atoms. The highest BCUT2D eigenvalue weighted by Gasteiger charge is 2.12. The molecule has 3 aromatic rings. The third-order valence-electron chi connectivity index (χ3n) is 3.22. The molecule has 3 rings (SSSR count). The lowest BCUT2D eigenvalue weighted by Crippen LogP contribution is -1.84. The molecule has 0 radical (unpaired) electrons. The summed E-state index contributed by atoms with van der Waals surface area (Å²) in [6, 6.07) is 5.62. The molecule has 0 fully saturated rings. The normalized spacial score (nSPS) is 11.9. The summed E-state index contributed by atoms with van der Waals surface area (Å²) >= 11 is 7.83. The fraction of sp³-hybridized carbons (Fsp3) is 0.125. The summed E-state index contributed by atoms with van der Waals surface area (Å²) in [7, 11) is 0. The lowest BCUT2D eigenvalue weighted by molar-refractivity contribution is 0.410. The van der Waals surface area contributed by atoms with E-state index in [1.54, 1.807) is 17.4 Å². The molecule has 1 N–H and O–H groups in total. The predicted octanol–water partition coefficient (Wildman–Crippen LogP) is 4.86. The van der Waals surface area contributed by atoms with Crippen LogP contribution in [0.1, 0.15) is 22.6 Å². The van der Waals surface area contributed by atoms with Crippen LogP contribution in [-0.4, -0.2) is 15.2 Å². The number of phenolic OH excluding ortho intramolecular Hbond substituents is 1. The van der Waals surface area contributed by atoms with Crippen molar-refractivity contribution in [1.29, 1.82) is 0 Å². The van der Waals surface area contributed by atoms with Crippen LogP contribution in [0.25, 0.3) is 22.5 Å². The van der Waals surface area contributed by atoms with Gasteiger partial charge in [-0.25, -0.2) is 0 Å². The average Bonchev–Trinajstić information content (AvgIpc) is 3.15. The second kappa shape index (κ2) is 5.94. The molecule has 0 aliphatic carbocycles. The van der Waals surface area contributed by atoms with Crippen molar-refractivity contribution in [1.82, 2.24) is 10.1 Å². The zero-order valence-corrected chi connectivity index (χ0v) is 13.6. The van der Waals surface area contributed by atoms with Gasteiger partial charge in [0.15, 0.2) is 0 Å². The first-order chi connectivity index (χ1) is 10.5. The molecule has 22 heavy (non-hydrogen) atoms. The third-order valence-corrected chi connectivity index (χ3v) is 4.17. The quantitative estimate of drug-likeness (QED) is 0.744. The molecule has 2 aromatic heterocycles. The maximum atomic E-state index is 9.80. The molecule has 4 nitrogen and oxygen atoms in total. The van der Waals surface area contributed by atoms with Crippen LogP contribution in [0, 0.1) is 13.8 Å². The third kappa shape index (κ3) is 2.91. The van der Waals surface area contributed by atoms with Crippen molar-refractivity contribution in [3.63, 3.8) is 0 Å². The summed E-state index contributed by atoms with van der Waals surface area (Å²) in [6.07, 6.45) is 1.74. The molecule has 0 saturated heterocycles. The number of hydrogen-bond donors (Lipinski definition) is 1. The highest BCUT2D eigenvalue weighted by atomic mass is 35.5. The smallest absolute Gasteiger partial charge is 0.269 e. The van der Waals surface area contributed by atoms with Crippen molar-refractivity contribution < 1.29 is 9.63 Å². The van der Waals surface area contributed by atoms with Gasteiger partial charge in [0.2, 0.25) is 5.82 Å². The van der Waals surface area contributed by atoms with E-state index < -0.39 is 0 Å². The van der Waals surface area contributed by atoms with Gasteiger partial charge < -0.3 is 9.63 Å². The van der Waals surface area contributed by atoms with E-state index in [9.17, 15) is 5.11 Å². The van der Waals surface area contributed by atoms with Crippen molar-refractivity contribution in [3.8, 4) is 17.1 Å².